The second-order valence-corrected chi connectivity index (χ2v) is 32.7. The van der Waals surface area contributed by atoms with Crippen LogP contribution in [0.5, 0.6) is 0 Å². The fraction of sp³-hybridized carbons (Fsp3) is 0.160. The van der Waals surface area contributed by atoms with Crippen LogP contribution in [0.2, 0.25) is 0 Å². The molecule has 105 heavy (non-hydrogen) atoms. The van der Waals surface area contributed by atoms with Gasteiger partial charge in [-0.25, -0.2) is 0 Å². The van der Waals surface area contributed by atoms with Gasteiger partial charge in [0.05, 0.1) is 47.1 Å². The summed E-state index contributed by atoms with van der Waals surface area (Å²) < 4.78 is 99.3. The Morgan fingerprint density at radius 1 is 0.257 bits per heavy atom. The molecule has 2 aliphatic heterocycles. The fourth-order valence-electron chi connectivity index (χ4n) is 16.3. The summed E-state index contributed by atoms with van der Waals surface area (Å²) in [5, 5.41) is 4.17. The summed E-state index contributed by atoms with van der Waals surface area (Å²) in [5.74, 6) is 0. The van der Waals surface area contributed by atoms with Crippen molar-refractivity contribution in [2.45, 2.75) is 105 Å². The number of nitrogens with zero attached hydrogens (tertiary/aromatic N) is 4. The maximum absolute atomic E-state index is 10.0. The van der Waals surface area contributed by atoms with Crippen LogP contribution in [0.4, 0.5) is 34.1 Å². The Kier molecular flexibility index (Phi) is 12.8. The van der Waals surface area contributed by atoms with Gasteiger partial charge in [-0.05, 0) is 207 Å². The van der Waals surface area contributed by atoms with Crippen LogP contribution in [0.1, 0.15) is 119 Å². The molecule has 0 unspecified atom stereocenters. The molecule has 0 spiro atoms. The molecule has 0 saturated carbocycles. The first-order chi connectivity index (χ1) is 54.7. The molecule has 0 atom stereocenters. The topological polar surface area (TPSA) is 16.3 Å². The number of rotatable bonds is 9. The van der Waals surface area contributed by atoms with E-state index < -0.39 is 43.0 Å². The third kappa shape index (κ3) is 11.1. The zero-order valence-corrected chi connectivity index (χ0v) is 61.5. The first kappa shape index (κ1) is 55.0. The van der Waals surface area contributed by atoms with Crippen molar-refractivity contribution < 1.29 is 13.7 Å². The summed E-state index contributed by atoms with van der Waals surface area (Å²) in [7, 11) is 0. The highest BCUT2D eigenvalue weighted by atomic mass is 15.2. The van der Waals surface area contributed by atoms with Gasteiger partial charge in [-0.1, -0.05) is 301 Å². The summed E-state index contributed by atoms with van der Waals surface area (Å²) in [6.07, 6.45) is 0. The van der Waals surface area contributed by atoms with E-state index in [-0.39, 0.29) is 57.0 Å². The van der Waals surface area contributed by atoms with Gasteiger partial charge in [0.1, 0.15) is 0 Å². The third-order valence-electron chi connectivity index (χ3n) is 21.8. The average molecular weight is 1370 g/mol. The van der Waals surface area contributed by atoms with Gasteiger partial charge in [0.25, 0.3) is 6.71 Å². The second kappa shape index (κ2) is 24.5. The highest BCUT2D eigenvalue weighted by Gasteiger charge is 2.45. The number of para-hydroxylation sites is 3. The van der Waals surface area contributed by atoms with E-state index in [0.717, 1.165) is 116 Å². The van der Waals surface area contributed by atoms with Crippen LogP contribution in [0.15, 0.2) is 309 Å². The van der Waals surface area contributed by atoms with Crippen LogP contribution in [0.25, 0.3) is 111 Å². The van der Waals surface area contributed by atoms with E-state index in [2.05, 4.69) is 308 Å². The zero-order chi connectivity index (χ0) is 80.7. The minimum atomic E-state index is -0.615. The number of benzene rings is 14. The van der Waals surface area contributed by atoms with E-state index in [1.165, 1.54) is 22.3 Å². The standard InChI is InChI=1S/C100H87BN4/c1-97(2,3)74-46-50-86-82(62-74)83-63-75(98(4,5)6)47-51-87(83)104(86)88-42-28-40-80-81-41-29-43-89(96(81)103(95(80)88)78-38-26-17-27-39-78)105-91-57-68(64-30-18-13-19-31-64)44-48-85(91)101-84-49-45-69(72-53-76(99(7,8)9)61-77(54-72)100(10,11)12)58-90(84)102(92-59-73(60-93(105)94(92)101)67-36-24-16-25-37-67)79-55-70(65-32-20-14-21-33-65)52-71(56-79)66-34-22-15-23-35-66/h13-63H,1-12H3/i13D,16D,18D,19D,24D,25D,30D,31D,36D,37D. The van der Waals surface area contributed by atoms with E-state index in [4.69, 9.17) is 2.74 Å². The van der Waals surface area contributed by atoms with E-state index in [9.17, 15) is 11.0 Å². The lowest BCUT2D eigenvalue weighted by Crippen LogP contribution is -2.61. The number of fused-ring (bicyclic) bond motifs is 10. The Hall–Kier alpha value is -11.7. The van der Waals surface area contributed by atoms with E-state index in [0.29, 0.717) is 33.9 Å². The molecule has 0 aliphatic carbocycles. The van der Waals surface area contributed by atoms with Crippen molar-refractivity contribution >= 4 is 101 Å². The second-order valence-electron chi connectivity index (χ2n) is 32.7. The Labute approximate surface area is 633 Å². The van der Waals surface area contributed by atoms with Crippen LogP contribution in [0, 0.1) is 0 Å². The number of anilines is 6. The van der Waals surface area contributed by atoms with Crippen molar-refractivity contribution in [3.63, 3.8) is 0 Å². The van der Waals surface area contributed by atoms with E-state index in [1.807, 2.05) is 42.5 Å². The molecule has 0 bridgehead atoms. The predicted octanol–water partition coefficient (Wildman–Crippen LogP) is 25.5. The Bertz CT molecular complexity index is 6560. The lowest BCUT2D eigenvalue weighted by Gasteiger charge is -2.45. The number of hydrogen-bond donors (Lipinski definition) is 0. The summed E-state index contributed by atoms with van der Waals surface area (Å²) in [4.78, 5) is 4.58. The largest absolute Gasteiger partial charge is 0.311 e. The van der Waals surface area contributed by atoms with Crippen molar-refractivity contribution in [2.75, 3.05) is 9.80 Å². The first-order valence-electron chi connectivity index (χ1n) is 41.6. The van der Waals surface area contributed by atoms with Gasteiger partial charge in [-0.3, -0.25) is 0 Å². The van der Waals surface area contributed by atoms with Crippen LogP contribution >= 0.6 is 0 Å². The van der Waals surface area contributed by atoms with E-state index >= 15 is 0 Å². The normalized spacial score (nSPS) is 14.4. The molecular formula is C100H87BN4. The third-order valence-corrected chi connectivity index (χ3v) is 21.8. The molecule has 18 rings (SSSR count). The molecule has 0 N–H and O–H groups in total. The van der Waals surface area contributed by atoms with Gasteiger partial charge in [0.2, 0.25) is 0 Å². The average Bonchev–Trinajstić information content (AvgIpc) is 1.50. The SMILES string of the molecule is [2H]c1c([2H])c([2H])c(-c2ccc3c(c2)N(c2cccc4c5cccc(-n6c7ccc(C(C)(C)C)cc7c7cc(C(C)(C)C)ccc76)c5n(-c5ccccc5)c24)c2cc(-c4c([2H])c([2H])c([2H])c([2H])c4[2H])cc4c2B3c2ccc(-c3cc(C(C)(C)C)cc(C(C)(C)C)c3)cc2N4c2cc(-c3ccccc3)cc(-c3ccccc3)c2)c([2H])c1[2H]. The summed E-state index contributed by atoms with van der Waals surface area (Å²) >= 11 is 0. The van der Waals surface area contributed by atoms with Gasteiger partial charge in [-0.2, -0.15) is 0 Å². The lowest BCUT2D eigenvalue weighted by molar-refractivity contribution is 0.569. The minimum absolute atomic E-state index is 0.00751. The Morgan fingerprint density at radius 2 is 0.676 bits per heavy atom. The van der Waals surface area contributed by atoms with Crippen LogP contribution < -0.4 is 26.2 Å². The zero-order valence-electron chi connectivity index (χ0n) is 71.5. The molecular weight excluding hydrogens is 1270 g/mol. The Balaban J connectivity index is 1.02. The molecule has 0 fully saturated rings. The monoisotopic (exact) mass is 1360 g/mol. The molecule has 4 nitrogen and oxygen atoms in total. The molecule has 0 amide bonds. The molecule has 2 aliphatic rings. The lowest BCUT2D eigenvalue weighted by atomic mass is 9.33. The highest BCUT2D eigenvalue weighted by Crippen LogP contribution is 2.52. The smallest absolute Gasteiger partial charge is 0.252 e. The van der Waals surface area contributed by atoms with Gasteiger partial charge in [0, 0.05) is 55.7 Å². The van der Waals surface area contributed by atoms with Gasteiger partial charge in [0.15, 0.2) is 0 Å². The number of aromatic nitrogens is 2. The summed E-state index contributed by atoms with van der Waals surface area (Å²) in [6, 6.07) is 84.1. The minimum Gasteiger partial charge on any atom is -0.311 e. The highest BCUT2D eigenvalue weighted by molar-refractivity contribution is 7.00. The van der Waals surface area contributed by atoms with E-state index in [1.54, 1.807) is 0 Å². The molecule has 4 heterocycles. The molecule has 14 aromatic carbocycles. The Morgan fingerprint density at radius 3 is 1.18 bits per heavy atom. The van der Waals surface area contributed by atoms with Gasteiger partial charge in [-0.15, -0.1) is 0 Å². The maximum Gasteiger partial charge on any atom is 0.252 e. The van der Waals surface area contributed by atoms with Crippen molar-refractivity contribution in [1.82, 2.24) is 9.13 Å². The molecule has 5 heteroatoms. The van der Waals surface area contributed by atoms with Crippen LogP contribution in [-0.2, 0) is 21.7 Å². The first-order valence-corrected chi connectivity index (χ1v) is 36.6. The summed E-state index contributed by atoms with van der Waals surface area (Å²) in [6.45, 7) is 26.5. The van der Waals surface area contributed by atoms with Crippen molar-refractivity contribution in [3.8, 4) is 67.0 Å². The molecule has 0 saturated heterocycles. The molecule has 510 valence electrons. The van der Waals surface area contributed by atoms with Gasteiger partial charge >= 0.3 is 0 Å². The summed E-state index contributed by atoms with van der Waals surface area (Å²) in [5.41, 5.74) is 23.4. The molecule has 2 aromatic heterocycles. The van der Waals surface area contributed by atoms with Crippen LogP contribution in [0.3, 0.4) is 0 Å². The van der Waals surface area contributed by atoms with Crippen molar-refractivity contribution in [1.29, 1.82) is 0 Å². The quantitative estimate of drug-likeness (QED) is 0.134. The van der Waals surface area contributed by atoms with Crippen LogP contribution in [-0.4, -0.2) is 15.8 Å². The van der Waals surface area contributed by atoms with Crippen molar-refractivity contribution in [3.05, 3.63) is 331 Å². The molecule has 16 aromatic rings. The number of hydrogen-bond acceptors (Lipinski definition) is 2. The molecule has 0 radical (unpaired) electrons. The van der Waals surface area contributed by atoms with Crippen molar-refractivity contribution in [2.24, 2.45) is 0 Å². The predicted molar refractivity (Wildman–Crippen MR) is 451 cm³/mol. The van der Waals surface area contributed by atoms with Gasteiger partial charge < -0.3 is 18.9 Å². The maximum atomic E-state index is 10.0. The fourth-order valence-corrected chi connectivity index (χ4v) is 16.3.